The number of carbonyl (C=O) groups excluding carboxylic acids is 1. The highest BCUT2D eigenvalue weighted by atomic mass is 32.2. The zero-order valence-electron chi connectivity index (χ0n) is 25.5. The van der Waals surface area contributed by atoms with Gasteiger partial charge in [-0.3, -0.25) is 0 Å². The quantitative estimate of drug-likeness (QED) is 0.0421. The average Bonchev–Trinajstić information content (AvgIpc) is 3.04. The maximum Gasteiger partial charge on any atom is 0.442 e. The Kier molecular flexibility index (Phi) is 11.5. The van der Waals surface area contributed by atoms with Gasteiger partial charge in [-0.05, 0) is 86.8 Å². The van der Waals surface area contributed by atoms with Crippen molar-refractivity contribution in [2.45, 2.75) is 87.9 Å². The van der Waals surface area contributed by atoms with E-state index in [0.717, 1.165) is 41.2 Å². The number of esters is 1. The molecule has 0 aliphatic heterocycles. The van der Waals surface area contributed by atoms with Gasteiger partial charge in [0.15, 0.2) is 24.5 Å². The van der Waals surface area contributed by atoms with Gasteiger partial charge in [-0.15, -0.1) is 0 Å². The summed E-state index contributed by atoms with van der Waals surface area (Å²) < 4.78 is 118. The van der Waals surface area contributed by atoms with Gasteiger partial charge in [0.25, 0.3) is 0 Å². The summed E-state index contributed by atoms with van der Waals surface area (Å²) in [6, 6.07) is 20.7. The molecule has 7 nitrogen and oxygen atoms in total. The summed E-state index contributed by atoms with van der Waals surface area (Å²) in [5.74, 6) is -6.53. The first-order valence-corrected chi connectivity index (χ1v) is 19.0. The summed E-state index contributed by atoms with van der Waals surface area (Å²) in [6.07, 6.45) is 1.68. The first-order chi connectivity index (χ1) is 22.1. The predicted octanol–water partition coefficient (Wildman–Crippen LogP) is 7.72. The fraction of sp³-hybridized carbons (Fsp3) is 0.364. The van der Waals surface area contributed by atoms with Crippen LogP contribution < -0.4 is 4.18 Å². The van der Waals surface area contributed by atoms with Crippen molar-refractivity contribution >= 4 is 36.8 Å². The van der Waals surface area contributed by atoms with E-state index in [2.05, 4.69) is 15.5 Å². The third-order valence-electron chi connectivity index (χ3n) is 7.58. The summed E-state index contributed by atoms with van der Waals surface area (Å²) >= 11 is 0. The zero-order chi connectivity index (χ0) is 34.5. The van der Waals surface area contributed by atoms with E-state index in [0.29, 0.717) is 17.7 Å². The van der Waals surface area contributed by atoms with Crippen LogP contribution in [0.3, 0.4) is 0 Å². The van der Waals surface area contributed by atoms with E-state index in [1.807, 2.05) is 30.3 Å². The molecule has 47 heavy (non-hydrogen) atoms. The van der Waals surface area contributed by atoms with Gasteiger partial charge in [-0.1, -0.05) is 44.0 Å². The van der Waals surface area contributed by atoms with Crippen molar-refractivity contribution in [2.24, 2.45) is 0 Å². The van der Waals surface area contributed by atoms with Crippen LogP contribution in [0.1, 0.15) is 51.9 Å². The summed E-state index contributed by atoms with van der Waals surface area (Å²) in [4.78, 5) is 13.8. The number of sulfone groups is 1. The molecule has 0 heterocycles. The number of carbonyl (C=O) groups is 1. The number of hydrogen-bond acceptors (Lipinski definition) is 7. The molecular formula is C33H35F4O7S3+. The summed E-state index contributed by atoms with van der Waals surface area (Å²) in [5.41, 5.74) is -0.0158. The van der Waals surface area contributed by atoms with Gasteiger partial charge in [0.05, 0.1) is 27.6 Å². The van der Waals surface area contributed by atoms with Gasteiger partial charge >= 0.3 is 27.3 Å². The Balaban J connectivity index is 1.53. The van der Waals surface area contributed by atoms with Gasteiger partial charge in [0.2, 0.25) is 0 Å². The number of alkyl halides is 4. The van der Waals surface area contributed by atoms with Crippen LogP contribution in [-0.4, -0.2) is 45.8 Å². The lowest BCUT2D eigenvalue weighted by Crippen LogP contribution is -2.49. The second-order valence-electron chi connectivity index (χ2n) is 11.1. The molecule has 3 aromatic carbocycles. The van der Waals surface area contributed by atoms with Gasteiger partial charge in [0, 0.05) is 12.0 Å². The molecule has 1 aliphatic carbocycles. The van der Waals surface area contributed by atoms with Crippen LogP contribution in [-0.2, 0) is 40.4 Å². The lowest BCUT2D eigenvalue weighted by Gasteiger charge is -2.25. The normalized spacial score (nSPS) is 15.5. The average molecular weight is 716 g/mol. The topological polar surface area (TPSA) is 104 Å². The Bertz CT molecular complexity index is 1760. The maximum absolute atomic E-state index is 14.6. The van der Waals surface area contributed by atoms with Crippen LogP contribution >= 0.6 is 0 Å². The fourth-order valence-corrected chi connectivity index (χ4v) is 9.87. The molecule has 0 amide bonds. The minimum atomic E-state index is -6.16. The first kappa shape index (κ1) is 36.5. The molecule has 1 fully saturated rings. The largest absolute Gasteiger partial charge is 0.462 e. The van der Waals surface area contributed by atoms with Gasteiger partial charge < -0.3 is 8.92 Å². The highest BCUT2D eigenvalue weighted by Crippen LogP contribution is 2.43. The molecule has 1 aliphatic rings. The number of ether oxygens (including phenoxy) is 1. The summed E-state index contributed by atoms with van der Waals surface area (Å²) in [5, 5.41) is -6.01. The highest BCUT2D eigenvalue weighted by Gasteiger charge is 2.66. The third kappa shape index (κ3) is 8.39. The molecule has 4 rings (SSSR count). The molecular weight excluding hydrogens is 681 g/mol. The molecule has 1 saturated carbocycles. The standard InChI is InChI=1S/C33H35F4O7S3/c1-24(2)31(38)43-23-9-22-32(34,35)33(36,37)47(41,42)44-25-14-16-27(17-15-25)45(26-10-5-3-6-11-26)28-18-20-30(21-19-28)46(39,40)29-12-7-4-8-13-29/h3,5-6,10-11,14-21,29H,1,4,7-9,12-13,22-23H2,2H3/q+1. The van der Waals surface area contributed by atoms with E-state index >= 15 is 0 Å². The van der Waals surface area contributed by atoms with E-state index in [4.69, 9.17) is 0 Å². The van der Waals surface area contributed by atoms with Crippen molar-refractivity contribution in [3.05, 3.63) is 91.0 Å². The molecule has 3 aromatic rings. The van der Waals surface area contributed by atoms with Crippen LogP contribution in [0.25, 0.3) is 0 Å². The van der Waals surface area contributed by atoms with Crippen molar-refractivity contribution in [3.63, 3.8) is 0 Å². The summed E-state index contributed by atoms with van der Waals surface area (Å²) in [7, 11) is -10.5. The van der Waals surface area contributed by atoms with Crippen LogP contribution in [0.2, 0.25) is 0 Å². The Morgan fingerprint density at radius 3 is 1.91 bits per heavy atom. The molecule has 0 radical (unpaired) electrons. The minimum absolute atomic E-state index is 0.0158. The maximum atomic E-state index is 14.6. The number of rotatable bonds is 14. The number of hydrogen-bond donors (Lipinski definition) is 0. The monoisotopic (exact) mass is 715 g/mol. The van der Waals surface area contributed by atoms with Gasteiger partial charge in [-0.2, -0.15) is 26.0 Å². The Morgan fingerprint density at radius 2 is 1.36 bits per heavy atom. The SMILES string of the molecule is C=C(C)C(=O)OCCCC(F)(F)C(F)(F)S(=O)(=O)Oc1ccc([S+](c2ccccc2)c2ccc(S(=O)(=O)C3CCCCC3)cc2)cc1. The lowest BCUT2D eigenvalue weighted by atomic mass is 10.0. The van der Waals surface area contributed by atoms with E-state index in [9.17, 15) is 39.2 Å². The van der Waals surface area contributed by atoms with Gasteiger partial charge in [0.1, 0.15) is 5.75 Å². The molecule has 0 saturated heterocycles. The second kappa shape index (κ2) is 14.8. The Hall–Kier alpha value is -3.36. The first-order valence-electron chi connectivity index (χ1n) is 14.8. The van der Waals surface area contributed by atoms with E-state index in [1.54, 1.807) is 24.3 Å². The van der Waals surface area contributed by atoms with Crippen molar-refractivity contribution < 1.29 is 48.1 Å². The number of benzene rings is 3. The van der Waals surface area contributed by atoms with Crippen LogP contribution in [0.5, 0.6) is 5.75 Å². The van der Waals surface area contributed by atoms with Crippen molar-refractivity contribution in [3.8, 4) is 5.75 Å². The van der Waals surface area contributed by atoms with Crippen LogP contribution in [0.15, 0.2) is 111 Å². The molecule has 254 valence electrons. The van der Waals surface area contributed by atoms with E-state index < -0.39 is 78.4 Å². The van der Waals surface area contributed by atoms with E-state index in [1.165, 1.54) is 19.1 Å². The Labute approximate surface area is 275 Å². The van der Waals surface area contributed by atoms with Crippen LogP contribution in [0.4, 0.5) is 17.6 Å². The zero-order valence-corrected chi connectivity index (χ0v) is 28.0. The Morgan fingerprint density at radius 1 is 0.830 bits per heavy atom. The van der Waals surface area contributed by atoms with E-state index in [-0.39, 0.29) is 10.5 Å². The molecule has 1 atom stereocenters. The molecule has 0 spiro atoms. The summed E-state index contributed by atoms with van der Waals surface area (Å²) in [6.45, 7) is 3.98. The van der Waals surface area contributed by atoms with Gasteiger partial charge in [-0.25, -0.2) is 13.2 Å². The van der Waals surface area contributed by atoms with Crippen molar-refractivity contribution in [1.82, 2.24) is 0 Å². The highest BCUT2D eigenvalue weighted by molar-refractivity contribution is 7.97. The van der Waals surface area contributed by atoms with Crippen molar-refractivity contribution in [2.75, 3.05) is 6.61 Å². The predicted molar refractivity (Wildman–Crippen MR) is 170 cm³/mol. The van der Waals surface area contributed by atoms with Crippen LogP contribution in [0, 0.1) is 0 Å². The third-order valence-corrected chi connectivity index (χ3v) is 13.4. The minimum Gasteiger partial charge on any atom is -0.462 e. The molecule has 14 heteroatoms. The lowest BCUT2D eigenvalue weighted by molar-refractivity contribution is -0.166. The molecule has 1 unspecified atom stereocenters. The second-order valence-corrected chi connectivity index (χ2v) is 17.0. The smallest absolute Gasteiger partial charge is 0.442 e. The molecule has 0 bridgehead atoms. The molecule has 0 aromatic heterocycles. The fourth-order valence-electron chi connectivity index (χ4n) is 5.02. The molecule has 0 N–H and O–H groups in total. The van der Waals surface area contributed by atoms with Crippen molar-refractivity contribution in [1.29, 1.82) is 0 Å². The number of halogens is 4.